The van der Waals surface area contributed by atoms with Crippen LogP contribution >= 0.6 is 22.9 Å². The molecule has 38 heavy (non-hydrogen) atoms. The Morgan fingerprint density at radius 1 is 1.24 bits per heavy atom. The van der Waals surface area contributed by atoms with Crippen molar-refractivity contribution in [3.8, 4) is 5.75 Å². The van der Waals surface area contributed by atoms with Gasteiger partial charge in [-0.3, -0.25) is 24.4 Å². The molecule has 0 bridgehead atoms. The Labute approximate surface area is 224 Å². The molecule has 3 heterocycles. The van der Waals surface area contributed by atoms with Crippen molar-refractivity contribution in [2.45, 2.75) is 45.3 Å². The third-order valence-electron chi connectivity index (χ3n) is 6.02. The molecule has 0 saturated carbocycles. The molecule has 1 aromatic carbocycles. The number of aryl methyl sites for hydroxylation is 1. The molecule has 9 nitrogen and oxygen atoms in total. The van der Waals surface area contributed by atoms with Crippen LogP contribution in [0.1, 0.15) is 53.1 Å². The van der Waals surface area contributed by atoms with Gasteiger partial charge in [0.05, 0.1) is 16.3 Å². The lowest BCUT2D eigenvalue weighted by Gasteiger charge is -2.31. The van der Waals surface area contributed by atoms with E-state index in [1.54, 1.807) is 11.0 Å². The van der Waals surface area contributed by atoms with Gasteiger partial charge in [0, 0.05) is 37.0 Å². The van der Waals surface area contributed by atoms with Gasteiger partial charge >= 0.3 is 12.1 Å². The quantitative estimate of drug-likeness (QED) is 0.334. The Morgan fingerprint density at radius 3 is 2.58 bits per heavy atom. The van der Waals surface area contributed by atoms with Gasteiger partial charge < -0.3 is 9.64 Å². The number of carbonyl (C=O) groups is 3. The van der Waals surface area contributed by atoms with Crippen LogP contribution in [0.15, 0.2) is 29.6 Å². The minimum absolute atomic E-state index is 0.0343. The highest BCUT2D eigenvalue weighted by atomic mass is 35.5. The number of benzene rings is 1. The molecular weight excluding hydrogens is 547 g/mol. The largest absolute Gasteiger partial charge is 0.435 e. The Bertz CT molecular complexity index is 1370. The Kier molecular flexibility index (Phi) is 8.07. The normalized spacial score (nSPS) is 14.4. The van der Waals surface area contributed by atoms with E-state index in [9.17, 15) is 27.6 Å². The summed E-state index contributed by atoms with van der Waals surface area (Å²) in [5, 5.41) is 8.52. The van der Waals surface area contributed by atoms with Crippen LogP contribution in [0.3, 0.4) is 0 Å². The van der Waals surface area contributed by atoms with Crippen LogP contribution in [-0.2, 0) is 22.3 Å². The summed E-state index contributed by atoms with van der Waals surface area (Å²) >= 11 is 7.32. The van der Waals surface area contributed by atoms with Crippen molar-refractivity contribution in [1.29, 1.82) is 0 Å². The minimum Gasteiger partial charge on any atom is -0.424 e. The summed E-state index contributed by atoms with van der Waals surface area (Å²) in [7, 11) is 0. The van der Waals surface area contributed by atoms with E-state index in [-0.39, 0.29) is 40.4 Å². The number of amides is 2. The fourth-order valence-corrected chi connectivity index (χ4v) is 5.09. The number of hydrogen-bond acceptors (Lipinski definition) is 7. The second-order valence-corrected chi connectivity index (χ2v) is 9.99. The van der Waals surface area contributed by atoms with Crippen LogP contribution in [0.5, 0.6) is 5.75 Å². The number of alkyl halides is 3. The zero-order valence-electron chi connectivity index (χ0n) is 20.3. The molecule has 1 fully saturated rings. The van der Waals surface area contributed by atoms with E-state index >= 15 is 0 Å². The topological polar surface area (TPSA) is 106 Å². The molecule has 3 aromatic rings. The van der Waals surface area contributed by atoms with Crippen molar-refractivity contribution in [3.63, 3.8) is 0 Å². The van der Waals surface area contributed by atoms with Gasteiger partial charge in [0.2, 0.25) is 5.91 Å². The average Bonchev–Trinajstić information content (AvgIpc) is 3.47. The molecular formula is C24H23ClF3N5O4S. The van der Waals surface area contributed by atoms with Crippen molar-refractivity contribution in [3.05, 3.63) is 57.3 Å². The third kappa shape index (κ3) is 6.33. The number of rotatable bonds is 6. The molecule has 1 saturated heterocycles. The number of esters is 1. The number of anilines is 1. The summed E-state index contributed by atoms with van der Waals surface area (Å²) in [6.07, 6.45) is -3.35. The van der Waals surface area contributed by atoms with Gasteiger partial charge in [0.15, 0.2) is 16.6 Å². The first kappa shape index (κ1) is 27.6. The Balaban J connectivity index is 1.34. The maximum Gasteiger partial charge on any atom is 0.435 e. The lowest BCUT2D eigenvalue weighted by Crippen LogP contribution is -2.40. The summed E-state index contributed by atoms with van der Waals surface area (Å²) < 4.78 is 44.8. The summed E-state index contributed by atoms with van der Waals surface area (Å²) in [4.78, 5) is 43.0. The molecule has 2 amide bonds. The Hall–Kier alpha value is -3.45. The van der Waals surface area contributed by atoms with Crippen molar-refractivity contribution in [2.75, 3.05) is 18.4 Å². The second-order valence-electron chi connectivity index (χ2n) is 8.72. The smallest absolute Gasteiger partial charge is 0.424 e. The molecule has 1 aliphatic heterocycles. The van der Waals surface area contributed by atoms with Gasteiger partial charge in [0.25, 0.3) is 5.91 Å². The maximum absolute atomic E-state index is 12.9. The Morgan fingerprint density at radius 2 is 1.95 bits per heavy atom. The van der Waals surface area contributed by atoms with Crippen LogP contribution in [0, 0.1) is 6.92 Å². The monoisotopic (exact) mass is 569 g/mol. The molecule has 0 radical (unpaired) electrons. The minimum atomic E-state index is -4.57. The predicted octanol–water partition coefficient (Wildman–Crippen LogP) is 4.90. The standard InChI is InChI=1S/C24H23ClF3N5O4S/c1-13-10-19(24(26,27)28)31-33(13)11-20(35)32-8-6-15(7-9-32)18-12-38-23(29-18)30-22(36)16-4-3-5-17(25)21(16)37-14(2)34/h3-5,10,12,15H,6-9,11H2,1-2H3,(H,29,30,36). The first-order chi connectivity index (χ1) is 17.9. The number of carbonyl (C=O) groups excluding carboxylic acids is 3. The summed E-state index contributed by atoms with van der Waals surface area (Å²) in [6, 6.07) is 5.47. The highest BCUT2D eigenvalue weighted by Gasteiger charge is 2.35. The van der Waals surface area contributed by atoms with Crippen molar-refractivity contribution in [1.82, 2.24) is 19.7 Å². The number of para-hydroxylation sites is 1. The number of ether oxygens (including phenoxy) is 1. The lowest BCUT2D eigenvalue weighted by molar-refractivity contribution is -0.142. The van der Waals surface area contributed by atoms with Crippen molar-refractivity contribution in [2.24, 2.45) is 0 Å². The molecule has 202 valence electrons. The molecule has 0 spiro atoms. The second kappa shape index (κ2) is 11.1. The number of thiazole rings is 1. The van der Waals surface area contributed by atoms with Gasteiger partial charge in [-0.2, -0.15) is 18.3 Å². The van der Waals surface area contributed by atoms with E-state index in [2.05, 4.69) is 15.4 Å². The molecule has 14 heteroatoms. The fraction of sp³-hybridized carbons (Fsp3) is 0.375. The molecule has 1 N–H and O–H groups in total. The molecule has 2 aromatic heterocycles. The van der Waals surface area contributed by atoms with Crippen LogP contribution < -0.4 is 10.1 Å². The number of halogens is 4. The van der Waals surface area contributed by atoms with Gasteiger partial charge in [-0.05, 0) is 38.0 Å². The van der Waals surface area contributed by atoms with E-state index in [1.165, 1.54) is 37.3 Å². The number of hydrogen-bond donors (Lipinski definition) is 1. The third-order valence-corrected chi connectivity index (χ3v) is 7.10. The zero-order valence-corrected chi connectivity index (χ0v) is 21.9. The molecule has 1 aliphatic rings. The van der Waals surface area contributed by atoms with Crippen LogP contribution in [0.2, 0.25) is 5.02 Å². The van der Waals surface area contributed by atoms with Crippen molar-refractivity contribution >= 4 is 45.9 Å². The van der Waals surface area contributed by atoms with E-state index in [1.807, 2.05) is 5.38 Å². The van der Waals surface area contributed by atoms with E-state index < -0.39 is 23.7 Å². The summed E-state index contributed by atoms with van der Waals surface area (Å²) in [5.74, 6) is -1.44. The number of nitrogens with zero attached hydrogens (tertiary/aromatic N) is 4. The fourth-order valence-electron chi connectivity index (χ4n) is 4.09. The van der Waals surface area contributed by atoms with Crippen molar-refractivity contribution < 1.29 is 32.3 Å². The highest BCUT2D eigenvalue weighted by Crippen LogP contribution is 2.33. The predicted molar refractivity (Wildman–Crippen MR) is 133 cm³/mol. The van der Waals surface area contributed by atoms with Gasteiger partial charge in [-0.1, -0.05) is 17.7 Å². The van der Waals surface area contributed by atoms with E-state index in [0.29, 0.717) is 31.1 Å². The SMILES string of the molecule is CC(=O)Oc1c(Cl)cccc1C(=O)Nc1nc(C2CCN(C(=O)Cn3nc(C(F)(F)F)cc3C)CC2)cs1. The lowest BCUT2D eigenvalue weighted by atomic mass is 9.94. The first-order valence-electron chi connectivity index (χ1n) is 11.6. The van der Waals surface area contributed by atoms with Crippen LogP contribution in [-0.4, -0.2) is 50.5 Å². The van der Waals surface area contributed by atoms with E-state index in [0.717, 1.165) is 16.4 Å². The summed E-state index contributed by atoms with van der Waals surface area (Å²) in [6.45, 7) is 3.26. The first-order valence-corrected chi connectivity index (χ1v) is 12.8. The number of nitrogens with one attached hydrogen (secondary N) is 1. The van der Waals surface area contributed by atoms with Crippen LogP contribution in [0.25, 0.3) is 0 Å². The van der Waals surface area contributed by atoms with Gasteiger partial charge in [-0.15, -0.1) is 11.3 Å². The summed E-state index contributed by atoms with van der Waals surface area (Å²) in [5.41, 5.74) is 0.0914. The maximum atomic E-state index is 12.9. The molecule has 0 atom stereocenters. The zero-order chi connectivity index (χ0) is 27.6. The van der Waals surface area contributed by atoms with Gasteiger partial charge in [-0.25, -0.2) is 4.98 Å². The highest BCUT2D eigenvalue weighted by molar-refractivity contribution is 7.14. The molecule has 0 unspecified atom stereocenters. The molecule has 4 rings (SSSR count). The number of likely N-dealkylation sites (tertiary alicyclic amines) is 1. The van der Waals surface area contributed by atoms with Gasteiger partial charge in [0.1, 0.15) is 6.54 Å². The number of piperidine rings is 1. The van der Waals surface area contributed by atoms with Crippen LogP contribution in [0.4, 0.5) is 18.3 Å². The molecule has 0 aliphatic carbocycles. The number of aromatic nitrogens is 3. The average molecular weight is 570 g/mol. The van der Waals surface area contributed by atoms with E-state index in [4.69, 9.17) is 16.3 Å².